The number of amides is 2. The van der Waals surface area contributed by atoms with Gasteiger partial charge in [0.25, 0.3) is 0 Å². The molecule has 2 fully saturated rings. The minimum Gasteiger partial charge on any atom is -0.396 e. The van der Waals surface area contributed by atoms with E-state index in [1.807, 2.05) is 4.90 Å². The van der Waals surface area contributed by atoms with Crippen molar-refractivity contribution >= 4 is 6.03 Å². The maximum Gasteiger partial charge on any atom is 0.317 e. The molecule has 1 saturated heterocycles. The van der Waals surface area contributed by atoms with E-state index in [1.54, 1.807) is 0 Å². The number of urea groups is 1. The predicted molar refractivity (Wildman–Crippen MR) is 71.5 cm³/mol. The van der Waals surface area contributed by atoms with E-state index in [2.05, 4.69) is 5.32 Å². The highest BCUT2D eigenvalue weighted by Crippen LogP contribution is 2.21. The van der Waals surface area contributed by atoms with Gasteiger partial charge >= 0.3 is 6.03 Å². The summed E-state index contributed by atoms with van der Waals surface area (Å²) in [6.45, 7) is 1.03. The second kappa shape index (κ2) is 6.98. The molecule has 2 amide bonds. The molecule has 4 nitrogen and oxygen atoms in total. The summed E-state index contributed by atoms with van der Waals surface area (Å²) in [5, 5.41) is 12.3. The Morgan fingerprint density at radius 3 is 2.56 bits per heavy atom. The monoisotopic (exact) mass is 254 g/mol. The van der Waals surface area contributed by atoms with Crippen molar-refractivity contribution in [1.82, 2.24) is 10.2 Å². The molecule has 2 rings (SSSR count). The molecule has 4 heteroatoms. The zero-order chi connectivity index (χ0) is 12.8. The number of piperidine rings is 1. The molecule has 104 valence electrons. The van der Waals surface area contributed by atoms with Crippen LogP contribution in [-0.2, 0) is 0 Å². The number of carbonyl (C=O) groups excluding carboxylic acids is 1. The van der Waals surface area contributed by atoms with Crippen molar-refractivity contribution in [3.63, 3.8) is 0 Å². The minimum atomic E-state index is 0.0973. The summed E-state index contributed by atoms with van der Waals surface area (Å²) in [6.07, 6.45) is 10.1. The van der Waals surface area contributed by atoms with E-state index in [0.29, 0.717) is 6.04 Å². The summed E-state index contributed by atoms with van der Waals surface area (Å²) in [7, 11) is 0. The van der Waals surface area contributed by atoms with Crippen molar-refractivity contribution in [3.05, 3.63) is 0 Å². The molecule has 2 aliphatic rings. The molecule has 0 spiro atoms. The van der Waals surface area contributed by atoms with Crippen molar-refractivity contribution in [2.24, 2.45) is 0 Å². The maximum absolute atomic E-state index is 12.3. The van der Waals surface area contributed by atoms with Crippen LogP contribution in [0.25, 0.3) is 0 Å². The summed E-state index contributed by atoms with van der Waals surface area (Å²) < 4.78 is 0. The lowest BCUT2D eigenvalue weighted by atomic mass is 9.95. The molecule has 1 saturated carbocycles. The third-order valence-corrected chi connectivity index (χ3v) is 4.28. The summed E-state index contributed by atoms with van der Waals surface area (Å²) in [5.41, 5.74) is 0. The summed E-state index contributed by atoms with van der Waals surface area (Å²) in [6, 6.07) is 0.718. The standard InChI is InChI=1S/C14H26N2O2/c17-11-9-13-8-4-5-10-16(13)14(18)15-12-6-2-1-3-7-12/h12-13,17H,1-11H2,(H,15,18)/t13-/m0/s1. The van der Waals surface area contributed by atoms with Crippen molar-refractivity contribution in [1.29, 1.82) is 0 Å². The van der Waals surface area contributed by atoms with E-state index in [4.69, 9.17) is 5.11 Å². The fraction of sp³-hybridized carbons (Fsp3) is 0.929. The Bertz CT molecular complexity index is 263. The molecule has 0 unspecified atom stereocenters. The number of nitrogens with one attached hydrogen (secondary N) is 1. The highest BCUT2D eigenvalue weighted by molar-refractivity contribution is 5.75. The van der Waals surface area contributed by atoms with Crippen LogP contribution in [0, 0.1) is 0 Å². The van der Waals surface area contributed by atoms with Crippen molar-refractivity contribution in [2.75, 3.05) is 13.2 Å². The molecule has 0 aromatic heterocycles. The first-order valence-electron chi connectivity index (χ1n) is 7.49. The van der Waals surface area contributed by atoms with Crippen LogP contribution in [0.1, 0.15) is 57.8 Å². The van der Waals surface area contributed by atoms with Crippen LogP contribution in [0.5, 0.6) is 0 Å². The number of likely N-dealkylation sites (tertiary alicyclic amines) is 1. The second-order valence-corrected chi connectivity index (χ2v) is 5.64. The number of carbonyl (C=O) groups is 1. The molecule has 1 atom stereocenters. The predicted octanol–water partition coefficient (Wildman–Crippen LogP) is 2.27. The number of hydrogen-bond acceptors (Lipinski definition) is 2. The van der Waals surface area contributed by atoms with Gasteiger partial charge in [0.2, 0.25) is 0 Å². The van der Waals surface area contributed by atoms with Gasteiger partial charge in [-0.2, -0.15) is 0 Å². The number of hydrogen-bond donors (Lipinski definition) is 2. The highest BCUT2D eigenvalue weighted by Gasteiger charge is 2.27. The molecular weight excluding hydrogens is 228 g/mol. The van der Waals surface area contributed by atoms with Crippen LogP contribution < -0.4 is 5.32 Å². The minimum absolute atomic E-state index is 0.0973. The average Bonchev–Trinajstić information content (AvgIpc) is 2.41. The van der Waals surface area contributed by atoms with Gasteiger partial charge in [-0.25, -0.2) is 4.79 Å². The van der Waals surface area contributed by atoms with Gasteiger partial charge in [0, 0.05) is 25.2 Å². The molecule has 0 aromatic carbocycles. The SMILES string of the molecule is O=C(NC1CCCCC1)N1CCCC[C@H]1CCO. The fourth-order valence-electron chi connectivity index (χ4n) is 3.22. The van der Waals surface area contributed by atoms with Crippen molar-refractivity contribution in [2.45, 2.75) is 69.9 Å². The molecule has 2 N–H and O–H groups in total. The number of rotatable bonds is 3. The van der Waals surface area contributed by atoms with E-state index in [0.717, 1.165) is 38.6 Å². The topological polar surface area (TPSA) is 52.6 Å². The van der Waals surface area contributed by atoms with Crippen LogP contribution >= 0.6 is 0 Å². The Morgan fingerprint density at radius 1 is 1.11 bits per heavy atom. The molecule has 0 radical (unpaired) electrons. The summed E-state index contributed by atoms with van der Waals surface area (Å²) in [4.78, 5) is 14.2. The quantitative estimate of drug-likeness (QED) is 0.811. The molecule has 18 heavy (non-hydrogen) atoms. The van der Waals surface area contributed by atoms with Gasteiger partial charge in [-0.3, -0.25) is 0 Å². The lowest BCUT2D eigenvalue weighted by Gasteiger charge is -2.37. The van der Waals surface area contributed by atoms with E-state index in [9.17, 15) is 4.79 Å². The first-order chi connectivity index (χ1) is 8.81. The van der Waals surface area contributed by atoms with Crippen LogP contribution in [0.4, 0.5) is 4.79 Å². The van der Waals surface area contributed by atoms with Gasteiger partial charge in [0.05, 0.1) is 0 Å². The first-order valence-corrected chi connectivity index (χ1v) is 7.49. The van der Waals surface area contributed by atoms with Gasteiger partial charge in [0.15, 0.2) is 0 Å². The Kier molecular flexibility index (Phi) is 5.29. The summed E-state index contributed by atoms with van der Waals surface area (Å²) >= 11 is 0. The molecule has 1 aliphatic heterocycles. The van der Waals surface area contributed by atoms with E-state index in [-0.39, 0.29) is 18.7 Å². The maximum atomic E-state index is 12.3. The largest absolute Gasteiger partial charge is 0.396 e. The van der Waals surface area contributed by atoms with Gasteiger partial charge in [-0.1, -0.05) is 19.3 Å². The van der Waals surface area contributed by atoms with Gasteiger partial charge < -0.3 is 15.3 Å². The Hall–Kier alpha value is -0.770. The Balaban J connectivity index is 1.84. The van der Waals surface area contributed by atoms with Crippen molar-refractivity contribution in [3.8, 4) is 0 Å². The third-order valence-electron chi connectivity index (χ3n) is 4.28. The van der Waals surface area contributed by atoms with E-state index in [1.165, 1.54) is 25.7 Å². The van der Waals surface area contributed by atoms with Crippen LogP contribution in [-0.4, -0.2) is 41.3 Å². The lowest BCUT2D eigenvalue weighted by Crippen LogP contribution is -2.51. The fourth-order valence-corrected chi connectivity index (χ4v) is 3.22. The number of aliphatic hydroxyl groups is 1. The van der Waals surface area contributed by atoms with E-state index >= 15 is 0 Å². The number of nitrogens with zero attached hydrogens (tertiary/aromatic N) is 1. The van der Waals surface area contributed by atoms with E-state index < -0.39 is 0 Å². The normalized spacial score (nSPS) is 26.1. The molecule has 0 aromatic rings. The second-order valence-electron chi connectivity index (χ2n) is 5.64. The highest BCUT2D eigenvalue weighted by atomic mass is 16.3. The Labute approximate surface area is 110 Å². The van der Waals surface area contributed by atoms with Gasteiger partial charge in [-0.05, 0) is 38.5 Å². The third kappa shape index (κ3) is 3.61. The molecule has 0 bridgehead atoms. The van der Waals surface area contributed by atoms with Crippen molar-refractivity contribution < 1.29 is 9.90 Å². The first kappa shape index (κ1) is 13.7. The average molecular weight is 254 g/mol. The zero-order valence-corrected chi connectivity index (χ0v) is 11.2. The molecule has 1 aliphatic carbocycles. The van der Waals surface area contributed by atoms with Gasteiger partial charge in [-0.15, -0.1) is 0 Å². The number of aliphatic hydroxyl groups excluding tert-OH is 1. The van der Waals surface area contributed by atoms with Crippen LogP contribution in [0.15, 0.2) is 0 Å². The lowest BCUT2D eigenvalue weighted by molar-refractivity contribution is 0.128. The van der Waals surface area contributed by atoms with Crippen LogP contribution in [0.2, 0.25) is 0 Å². The smallest absolute Gasteiger partial charge is 0.317 e. The van der Waals surface area contributed by atoms with Crippen LogP contribution in [0.3, 0.4) is 0 Å². The molecular formula is C14H26N2O2. The van der Waals surface area contributed by atoms with Gasteiger partial charge in [0.1, 0.15) is 0 Å². The zero-order valence-electron chi connectivity index (χ0n) is 11.2. The molecule has 1 heterocycles. The Morgan fingerprint density at radius 2 is 1.83 bits per heavy atom. The summed E-state index contributed by atoms with van der Waals surface area (Å²) in [5.74, 6) is 0.